The first-order chi connectivity index (χ1) is 28.1. The Morgan fingerprint density at radius 3 is 2.17 bits per heavy atom. The van der Waals surface area contributed by atoms with Crippen molar-refractivity contribution in [3.63, 3.8) is 0 Å². The van der Waals surface area contributed by atoms with Crippen LogP contribution in [0, 0.1) is 18.3 Å². The molecule has 5 amide bonds. The van der Waals surface area contributed by atoms with E-state index in [1.54, 1.807) is 14.8 Å². The molecule has 59 heavy (non-hydrogen) atoms. The molecule has 0 spiro atoms. The summed E-state index contributed by atoms with van der Waals surface area (Å²) in [6.07, 6.45) is -0.998. The number of methoxy groups -OCH3 is 1. The molecule has 1 fully saturated rings. The highest BCUT2D eigenvalue weighted by Gasteiger charge is 2.41. The number of aliphatic hydroxyl groups excluding tert-OH is 1. The number of carbonyl (C=O) groups is 4. The van der Waals surface area contributed by atoms with Gasteiger partial charge in [-0.2, -0.15) is 0 Å². The predicted octanol–water partition coefficient (Wildman–Crippen LogP) is 5.28. The van der Waals surface area contributed by atoms with Crippen LogP contribution >= 0.6 is 0 Å². The van der Waals surface area contributed by atoms with E-state index in [2.05, 4.69) is 39.8 Å². The number of hydrazine groups is 1. The van der Waals surface area contributed by atoms with Gasteiger partial charge in [-0.15, -0.1) is 0 Å². The van der Waals surface area contributed by atoms with Gasteiger partial charge in [0.25, 0.3) is 5.91 Å². The van der Waals surface area contributed by atoms with Gasteiger partial charge in [-0.05, 0) is 73.9 Å². The molecule has 1 aromatic heterocycles. The van der Waals surface area contributed by atoms with Gasteiger partial charge in [0.2, 0.25) is 5.91 Å². The van der Waals surface area contributed by atoms with E-state index in [4.69, 9.17) is 4.74 Å². The second kappa shape index (κ2) is 21.7. The minimum Gasteiger partial charge on any atom is -0.453 e. The van der Waals surface area contributed by atoms with E-state index in [9.17, 15) is 24.3 Å². The minimum absolute atomic E-state index is 0.0791. The van der Waals surface area contributed by atoms with Crippen molar-refractivity contribution < 1.29 is 29.0 Å². The maximum absolute atomic E-state index is 14.5. The lowest BCUT2D eigenvalue weighted by Gasteiger charge is -2.36. The number of alkyl carbamates (subject to hydrolysis) is 1. The van der Waals surface area contributed by atoms with E-state index >= 15 is 0 Å². The van der Waals surface area contributed by atoms with Crippen molar-refractivity contribution in [1.82, 2.24) is 35.9 Å². The lowest BCUT2D eigenvalue weighted by molar-refractivity contribution is -0.132. The van der Waals surface area contributed by atoms with E-state index in [-0.39, 0.29) is 37.4 Å². The highest BCUT2D eigenvalue weighted by molar-refractivity contribution is 5.88. The number of amides is 5. The largest absolute Gasteiger partial charge is 0.453 e. The number of nitrogens with one attached hydrogen (secondary N) is 3. The molecule has 2 aromatic carbocycles. The fourth-order valence-electron chi connectivity index (χ4n) is 7.44. The van der Waals surface area contributed by atoms with Crippen LogP contribution in [-0.4, -0.2) is 113 Å². The summed E-state index contributed by atoms with van der Waals surface area (Å²) in [6, 6.07) is 20.5. The van der Waals surface area contributed by atoms with Crippen LogP contribution in [0.25, 0.3) is 0 Å². The number of aryl methyl sites for hydroxylation is 1. The Bertz CT molecular complexity index is 1820. The first-order valence-corrected chi connectivity index (χ1v) is 20.8. The zero-order valence-corrected chi connectivity index (χ0v) is 36.4. The Morgan fingerprint density at radius 2 is 1.58 bits per heavy atom. The highest BCUT2D eigenvalue weighted by atomic mass is 16.5. The molecule has 0 radical (unpaired) electrons. The van der Waals surface area contributed by atoms with Crippen LogP contribution in [-0.2, 0) is 33.8 Å². The topological polar surface area (TPSA) is 160 Å². The van der Waals surface area contributed by atoms with Crippen LogP contribution in [0.1, 0.15) is 77.4 Å². The second-order valence-electron chi connectivity index (χ2n) is 16.5. The molecular formula is C45H66N8O6. The summed E-state index contributed by atoms with van der Waals surface area (Å²) < 4.78 is 4.83. The Hall–Kier alpha value is -5.21. The van der Waals surface area contributed by atoms with Crippen molar-refractivity contribution in [2.24, 2.45) is 11.3 Å². The summed E-state index contributed by atoms with van der Waals surface area (Å²) in [5, 5.41) is 19.6. The minimum atomic E-state index is -1.19. The number of anilines is 1. The molecule has 322 valence electrons. The van der Waals surface area contributed by atoms with Crippen molar-refractivity contribution in [1.29, 1.82) is 0 Å². The quantitative estimate of drug-likeness (QED) is 0.111. The van der Waals surface area contributed by atoms with E-state index in [0.29, 0.717) is 26.1 Å². The third-order valence-corrected chi connectivity index (χ3v) is 11.0. The molecule has 0 aliphatic carbocycles. The lowest BCUT2D eigenvalue weighted by Crippen LogP contribution is -2.60. The maximum Gasteiger partial charge on any atom is 0.407 e. The number of hydrogen-bond donors (Lipinski definition) is 4. The average Bonchev–Trinajstić information content (AvgIpc) is 3.55. The van der Waals surface area contributed by atoms with Crippen LogP contribution in [0.2, 0.25) is 0 Å². The normalized spacial score (nSPS) is 15.6. The molecule has 5 atom stereocenters. The van der Waals surface area contributed by atoms with Gasteiger partial charge < -0.3 is 35.2 Å². The Balaban J connectivity index is 1.63. The molecule has 4 rings (SSSR count). The molecule has 1 saturated heterocycles. The monoisotopic (exact) mass is 815 g/mol. The molecule has 0 unspecified atom stereocenters. The Morgan fingerprint density at radius 1 is 0.898 bits per heavy atom. The van der Waals surface area contributed by atoms with E-state index < -0.39 is 41.6 Å². The Labute approximate surface area is 350 Å². The Kier molecular flexibility index (Phi) is 17.1. The fraction of sp³-hybridized carbons (Fsp3) is 0.533. The molecule has 3 aromatic rings. The third-order valence-electron chi connectivity index (χ3n) is 11.0. The van der Waals surface area contributed by atoms with Crippen LogP contribution in [0.15, 0.2) is 72.8 Å². The van der Waals surface area contributed by atoms with Crippen molar-refractivity contribution in [3.05, 3.63) is 95.3 Å². The van der Waals surface area contributed by atoms with Crippen LogP contribution in [0.4, 0.5) is 15.3 Å². The number of rotatable bonds is 20. The number of urea groups is 1. The third kappa shape index (κ3) is 13.1. The number of benzene rings is 2. The number of nitrogens with zero attached hydrogens (tertiary/aromatic N) is 5. The summed E-state index contributed by atoms with van der Waals surface area (Å²) in [5.74, 6) is -1.04. The lowest BCUT2D eigenvalue weighted by atomic mass is 9.86. The van der Waals surface area contributed by atoms with Gasteiger partial charge in [0.15, 0.2) is 0 Å². The van der Waals surface area contributed by atoms with Crippen molar-refractivity contribution in [2.75, 3.05) is 44.7 Å². The van der Waals surface area contributed by atoms with Gasteiger partial charge in [0, 0.05) is 50.6 Å². The van der Waals surface area contributed by atoms with Crippen molar-refractivity contribution in [3.8, 4) is 0 Å². The summed E-state index contributed by atoms with van der Waals surface area (Å²) in [6.45, 7) is 18.6. The summed E-state index contributed by atoms with van der Waals surface area (Å²) in [4.78, 5) is 64.9. The van der Waals surface area contributed by atoms with Crippen molar-refractivity contribution >= 4 is 29.6 Å². The molecule has 14 heteroatoms. The van der Waals surface area contributed by atoms with Crippen LogP contribution in [0.5, 0.6) is 0 Å². The van der Waals surface area contributed by atoms with Gasteiger partial charge in [0.1, 0.15) is 12.1 Å². The molecule has 1 aliphatic rings. The maximum atomic E-state index is 14.5. The van der Waals surface area contributed by atoms with E-state index in [0.717, 1.165) is 41.3 Å². The number of aromatic nitrogens is 1. The fourth-order valence-corrected chi connectivity index (χ4v) is 7.44. The van der Waals surface area contributed by atoms with Crippen molar-refractivity contribution in [2.45, 2.75) is 106 Å². The highest BCUT2D eigenvalue weighted by Crippen LogP contribution is 2.24. The molecule has 14 nitrogen and oxygen atoms in total. The zero-order valence-electron chi connectivity index (χ0n) is 36.4. The van der Waals surface area contributed by atoms with Gasteiger partial charge in [-0.25, -0.2) is 14.6 Å². The molecule has 1 aliphatic heterocycles. The molecular weight excluding hydrogens is 749 g/mol. The first kappa shape index (κ1) is 46.5. The predicted molar refractivity (Wildman–Crippen MR) is 230 cm³/mol. The molecule has 4 N–H and O–H groups in total. The molecule has 2 heterocycles. The van der Waals surface area contributed by atoms with Gasteiger partial charge in [-0.3, -0.25) is 20.0 Å². The number of hydrogen-bond acceptors (Lipinski definition) is 9. The molecule has 0 bridgehead atoms. The summed E-state index contributed by atoms with van der Waals surface area (Å²) in [7, 11) is 1.24. The van der Waals surface area contributed by atoms with Crippen LogP contribution in [0.3, 0.4) is 0 Å². The van der Waals surface area contributed by atoms with Crippen LogP contribution < -0.4 is 21.0 Å². The zero-order chi connectivity index (χ0) is 43.3. The summed E-state index contributed by atoms with van der Waals surface area (Å²) >= 11 is 0. The van der Waals surface area contributed by atoms with Gasteiger partial charge >= 0.3 is 12.1 Å². The molecule has 0 saturated carbocycles. The van der Waals surface area contributed by atoms with Gasteiger partial charge in [0.05, 0.1) is 31.5 Å². The van der Waals surface area contributed by atoms with E-state index in [1.165, 1.54) is 7.11 Å². The standard InChI is InChI=1S/C45H66N8O6/c1-10-31(4)39(53-26-25-51(44(53)58)29-35-20-16-17-32(5)46-35)41(55)47-37(27-33-18-14-13-15-19-33)38(54)30-52(28-34-21-23-36(24-22-34)50(11-2)12-3)49-42(56)40(45(6,7)8)48-43(57)59-9/h13-24,31,37-40,54H,10-12,25-30H2,1-9H3,(H,47,55)(H,48,57)(H,49,56)/t31-,37-,38-,39-,40+/m0/s1. The number of carbonyl (C=O) groups excluding carboxylic acids is 4. The SMILES string of the molecule is CC[C@H](C)[C@@H](C(=O)N[C@@H](Cc1ccccc1)[C@@H](O)CN(Cc1ccc(N(CC)CC)cc1)NC(=O)[C@@H](NC(=O)OC)C(C)(C)C)N1CCN(Cc2cccc(C)n2)C1=O. The average molecular weight is 815 g/mol. The van der Waals surface area contributed by atoms with Gasteiger partial charge in [-0.1, -0.05) is 89.6 Å². The number of ether oxygens (including phenoxy) is 1. The second-order valence-corrected chi connectivity index (χ2v) is 16.5. The number of pyridine rings is 1. The van der Waals surface area contributed by atoms with E-state index in [1.807, 2.05) is 114 Å². The smallest absolute Gasteiger partial charge is 0.407 e. The first-order valence-electron chi connectivity index (χ1n) is 20.8. The number of aliphatic hydroxyl groups is 1. The summed E-state index contributed by atoms with van der Waals surface area (Å²) in [5.41, 5.74) is 6.76.